The molecule has 1 amide bonds. The van der Waals surface area contributed by atoms with Gasteiger partial charge in [0.15, 0.2) is 5.96 Å². The summed E-state index contributed by atoms with van der Waals surface area (Å²) < 4.78 is 0. The van der Waals surface area contributed by atoms with Crippen molar-refractivity contribution in [3.63, 3.8) is 0 Å². The van der Waals surface area contributed by atoms with Crippen molar-refractivity contribution < 1.29 is 4.79 Å². The predicted octanol–water partition coefficient (Wildman–Crippen LogP) is 2.86. The van der Waals surface area contributed by atoms with Gasteiger partial charge >= 0.3 is 0 Å². The summed E-state index contributed by atoms with van der Waals surface area (Å²) in [5.41, 5.74) is 0. The molecule has 0 bridgehead atoms. The number of carbonyl (C=O) groups is 1. The molecule has 0 spiro atoms. The maximum atomic E-state index is 12.7. The number of aliphatic imine (C=N–C) groups is 1. The number of carbonyl (C=O) groups excluding carboxylic acids is 1. The summed E-state index contributed by atoms with van der Waals surface area (Å²) in [5, 5.41) is 7.26. The molecule has 148 valence electrons. The van der Waals surface area contributed by atoms with Crippen LogP contribution in [0.3, 0.4) is 0 Å². The van der Waals surface area contributed by atoms with Crippen molar-refractivity contribution in [3.8, 4) is 0 Å². The fourth-order valence-corrected chi connectivity index (χ4v) is 5.20. The van der Waals surface area contributed by atoms with Gasteiger partial charge in [-0.05, 0) is 51.4 Å². The zero-order valence-corrected chi connectivity index (χ0v) is 17.3. The van der Waals surface area contributed by atoms with Gasteiger partial charge in [-0.2, -0.15) is 11.8 Å². The van der Waals surface area contributed by atoms with Gasteiger partial charge in [-0.15, -0.1) is 0 Å². The first kappa shape index (κ1) is 19.8. The summed E-state index contributed by atoms with van der Waals surface area (Å²) >= 11 is 1.96. The number of nitrogens with one attached hydrogen (secondary N) is 2. The Balaban J connectivity index is 1.42. The van der Waals surface area contributed by atoms with Crippen molar-refractivity contribution >= 4 is 23.6 Å². The highest BCUT2D eigenvalue weighted by Gasteiger charge is 2.37. The lowest BCUT2D eigenvalue weighted by atomic mass is 9.85. The van der Waals surface area contributed by atoms with E-state index in [1.165, 1.54) is 19.3 Å². The topological polar surface area (TPSA) is 56.7 Å². The summed E-state index contributed by atoms with van der Waals surface area (Å²) in [7, 11) is 0. The van der Waals surface area contributed by atoms with Gasteiger partial charge < -0.3 is 15.5 Å². The number of guanidine groups is 1. The highest BCUT2D eigenvalue weighted by molar-refractivity contribution is 7.99. The number of hydrogen-bond acceptors (Lipinski definition) is 3. The number of nitrogens with zero attached hydrogens (tertiary/aromatic N) is 2. The van der Waals surface area contributed by atoms with E-state index in [0.29, 0.717) is 18.0 Å². The van der Waals surface area contributed by atoms with Crippen LogP contribution in [-0.4, -0.2) is 60.0 Å². The zero-order valence-electron chi connectivity index (χ0n) is 16.5. The summed E-state index contributed by atoms with van der Waals surface area (Å²) in [6.07, 6.45) is 8.05. The van der Waals surface area contributed by atoms with Crippen molar-refractivity contribution in [2.45, 2.75) is 70.9 Å². The molecule has 2 saturated carbocycles. The Hall–Kier alpha value is -0.910. The van der Waals surface area contributed by atoms with Crippen LogP contribution in [0.1, 0.15) is 58.8 Å². The van der Waals surface area contributed by atoms with Gasteiger partial charge in [0.25, 0.3) is 0 Å². The lowest BCUT2D eigenvalue weighted by Crippen LogP contribution is -2.48. The van der Waals surface area contributed by atoms with Gasteiger partial charge in [-0.3, -0.25) is 9.79 Å². The third-order valence-electron chi connectivity index (χ3n) is 5.96. The van der Waals surface area contributed by atoms with Gasteiger partial charge in [0.05, 0.1) is 0 Å². The van der Waals surface area contributed by atoms with Gasteiger partial charge in [0.2, 0.25) is 5.91 Å². The van der Waals surface area contributed by atoms with Crippen LogP contribution in [0.2, 0.25) is 0 Å². The molecular formula is C20H36N4OS. The Morgan fingerprint density at radius 2 is 1.85 bits per heavy atom. The van der Waals surface area contributed by atoms with Crippen LogP contribution in [0.15, 0.2) is 4.99 Å². The van der Waals surface area contributed by atoms with Gasteiger partial charge in [0.1, 0.15) is 0 Å². The van der Waals surface area contributed by atoms with Crippen LogP contribution in [-0.2, 0) is 4.79 Å². The molecule has 3 fully saturated rings. The Morgan fingerprint density at radius 1 is 1.12 bits per heavy atom. The van der Waals surface area contributed by atoms with E-state index in [2.05, 4.69) is 34.4 Å². The van der Waals surface area contributed by atoms with E-state index in [-0.39, 0.29) is 5.92 Å². The molecule has 2 unspecified atom stereocenters. The monoisotopic (exact) mass is 380 g/mol. The van der Waals surface area contributed by atoms with Gasteiger partial charge in [-0.25, -0.2) is 0 Å². The zero-order chi connectivity index (χ0) is 18.4. The second-order valence-electron chi connectivity index (χ2n) is 7.99. The first-order chi connectivity index (χ1) is 12.7. The second-order valence-corrected chi connectivity index (χ2v) is 9.21. The summed E-state index contributed by atoms with van der Waals surface area (Å²) in [6.45, 7) is 7.04. The molecular weight excluding hydrogens is 344 g/mol. The van der Waals surface area contributed by atoms with E-state index < -0.39 is 0 Å². The predicted molar refractivity (Wildman–Crippen MR) is 111 cm³/mol. The fourth-order valence-electron chi connectivity index (χ4n) is 4.30. The average molecular weight is 381 g/mol. The SMILES string of the molecule is CCCC1CC1NC(=NCC)NC1CCC(C(=O)N2CCSCC2)CC1. The van der Waals surface area contributed by atoms with Crippen LogP contribution in [0, 0.1) is 11.8 Å². The molecule has 5 nitrogen and oxygen atoms in total. The number of rotatable bonds is 6. The normalized spacial score (nSPS) is 32.2. The molecule has 0 aromatic heterocycles. The average Bonchev–Trinajstić information content (AvgIpc) is 3.40. The Morgan fingerprint density at radius 3 is 2.50 bits per heavy atom. The minimum Gasteiger partial charge on any atom is -0.354 e. The molecule has 1 heterocycles. The van der Waals surface area contributed by atoms with Crippen LogP contribution in [0.4, 0.5) is 0 Å². The summed E-state index contributed by atoms with van der Waals surface area (Å²) in [6, 6.07) is 1.07. The largest absolute Gasteiger partial charge is 0.354 e. The molecule has 0 aromatic carbocycles. The summed E-state index contributed by atoms with van der Waals surface area (Å²) in [5.74, 6) is 4.67. The Labute approximate surface area is 163 Å². The van der Waals surface area contributed by atoms with Crippen molar-refractivity contribution in [1.29, 1.82) is 0 Å². The summed E-state index contributed by atoms with van der Waals surface area (Å²) in [4.78, 5) is 19.4. The van der Waals surface area contributed by atoms with E-state index in [1.807, 2.05) is 11.8 Å². The lowest BCUT2D eigenvalue weighted by molar-refractivity contribution is -0.136. The molecule has 6 heteroatoms. The third kappa shape index (κ3) is 5.54. The number of thioether (sulfide) groups is 1. The van der Waals surface area contributed by atoms with Crippen molar-refractivity contribution in [1.82, 2.24) is 15.5 Å². The smallest absolute Gasteiger partial charge is 0.225 e. The molecule has 26 heavy (non-hydrogen) atoms. The van der Waals surface area contributed by atoms with Crippen molar-refractivity contribution in [2.24, 2.45) is 16.8 Å². The molecule has 0 aromatic rings. The Bertz CT molecular complexity index is 484. The van der Waals surface area contributed by atoms with Crippen LogP contribution in [0.5, 0.6) is 0 Å². The number of amides is 1. The van der Waals surface area contributed by atoms with E-state index >= 15 is 0 Å². The van der Waals surface area contributed by atoms with E-state index in [1.54, 1.807) is 0 Å². The molecule has 2 aliphatic carbocycles. The molecule has 0 radical (unpaired) electrons. The van der Waals surface area contributed by atoms with Crippen molar-refractivity contribution in [3.05, 3.63) is 0 Å². The van der Waals surface area contributed by atoms with E-state index in [0.717, 1.165) is 68.7 Å². The maximum Gasteiger partial charge on any atom is 0.225 e. The van der Waals surface area contributed by atoms with Crippen molar-refractivity contribution in [2.75, 3.05) is 31.1 Å². The molecule has 1 saturated heterocycles. The minimum atomic E-state index is 0.244. The van der Waals surface area contributed by atoms with Gasteiger partial charge in [-0.1, -0.05) is 13.3 Å². The van der Waals surface area contributed by atoms with Gasteiger partial charge in [0, 0.05) is 49.1 Å². The molecule has 3 aliphatic rings. The maximum absolute atomic E-state index is 12.7. The molecule has 2 N–H and O–H groups in total. The van der Waals surface area contributed by atoms with E-state index in [9.17, 15) is 4.79 Å². The lowest BCUT2D eigenvalue weighted by Gasteiger charge is -2.34. The molecule has 2 atom stereocenters. The van der Waals surface area contributed by atoms with E-state index in [4.69, 9.17) is 0 Å². The third-order valence-corrected chi connectivity index (χ3v) is 6.90. The molecule has 1 aliphatic heterocycles. The highest BCUT2D eigenvalue weighted by atomic mass is 32.2. The standard InChI is InChI=1S/C20H36N4OS/c1-3-5-16-14-18(16)23-20(21-4-2)22-17-8-6-15(7-9-17)19(25)24-10-12-26-13-11-24/h15-18H,3-14H2,1-2H3,(H2,21,22,23). The minimum absolute atomic E-state index is 0.244. The van der Waals surface area contributed by atoms with Crippen LogP contribution < -0.4 is 10.6 Å². The second kappa shape index (κ2) is 9.86. The first-order valence-corrected chi connectivity index (χ1v) is 11.8. The molecule has 3 rings (SSSR count). The van der Waals surface area contributed by atoms with Crippen LogP contribution >= 0.6 is 11.8 Å². The number of hydrogen-bond donors (Lipinski definition) is 2. The highest BCUT2D eigenvalue weighted by Crippen LogP contribution is 2.34. The Kier molecular flexibility index (Phi) is 7.52. The fraction of sp³-hybridized carbons (Fsp3) is 0.900. The first-order valence-electron chi connectivity index (χ1n) is 10.6. The van der Waals surface area contributed by atoms with Crippen LogP contribution in [0.25, 0.3) is 0 Å². The quantitative estimate of drug-likeness (QED) is 0.549.